The first kappa shape index (κ1) is 106. The van der Waals surface area contributed by atoms with Crippen molar-refractivity contribution in [1.82, 2.24) is 0 Å². The van der Waals surface area contributed by atoms with E-state index in [9.17, 15) is 43.2 Å². The molecule has 0 rings (SSSR count). The molecule has 0 amide bonds. The van der Waals surface area contributed by atoms with Crippen LogP contribution in [-0.4, -0.2) is 96.7 Å². The van der Waals surface area contributed by atoms with Crippen molar-refractivity contribution >= 4 is 39.5 Å². The zero-order valence-corrected chi connectivity index (χ0v) is 73.3. The Labute approximate surface area is 664 Å². The van der Waals surface area contributed by atoms with Crippen LogP contribution in [0.25, 0.3) is 0 Å². The lowest BCUT2D eigenvalue weighted by molar-refractivity contribution is -0.161. The molecule has 0 aromatic carbocycles. The lowest BCUT2D eigenvalue weighted by atomic mass is 10.0. The maximum absolute atomic E-state index is 13.2. The van der Waals surface area contributed by atoms with Gasteiger partial charge in [-0.3, -0.25) is 37.3 Å². The minimum atomic E-state index is -4.97. The second kappa shape index (κ2) is 77.6. The summed E-state index contributed by atoms with van der Waals surface area (Å²) in [6, 6.07) is 0. The highest BCUT2D eigenvalue weighted by Crippen LogP contribution is 2.45. The summed E-state index contributed by atoms with van der Waals surface area (Å²) in [6.45, 7) is 14.3. The zero-order valence-electron chi connectivity index (χ0n) is 71.5. The number of aliphatic hydroxyl groups excluding tert-OH is 1. The Bertz CT molecular complexity index is 2090. The molecule has 0 aliphatic heterocycles. The number of rotatable bonds is 86. The second-order valence-corrected chi connectivity index (χ2v) is 36.8. The van der Waals surface area contributed by atoms with Crippen LogP contribution in [0, 0.1) is 23.7 Å². The van der Waals surface area contributed by atoms with Crippen molar-refractivity contribution in [3.05, 3.63) is 0 Å². The van der Waals surface area contributed by atoms with Crippen molar-refractivity contribution in [2.45, 2.75) is 485 Å². The zero-order chi connectivity index (χ0) is 79.5. The van der Waals surface area contributed by atoms with E-state index in [1.807, 2.05) is 0 Å². The highest BCUT2D eigenvalue weighted by Gasteiger charge is 2.31. The largest absolute Gasteiger partial charge is 0.472 e. The van der Waals surface area contributed by atoms with E-state index in [0.717, 1.165) is 114 Å². The second-order valence-electron chi connectivity index (χ2n) is 33.9. The van der Waals surface area contributed by atoms with Gasteiger partial charge in [0.1, 0.15) is 19.3 Å². The molecule has 5 atom stereocenters. The predicted molar refractivity (Wildman–Crippen MR) is 446 cm³/mol. The van der Waals surface area contributed by atoms with E-state index < -0.39 is 97.5 Å². The number of ether oxygens (including phenoxy) is 4. The van der Waals surface area contributed by atoms with Gasteiger partial charge in [-0.25, -0.2) is 9.13 Å². The van der Waals surface area contributed by atoms with Gasteiger partial charge in [0.25, 0.3) is 0 Å². The highest BCUT2D eigenvalue weighted by atomic mass is 31.2. The number of phosphoric acid groups is 2. The molecule has 17 nitrogen and oxygen atoms in total. The lowest BCUT2D eigenvalue weighted by Crippen LogP contribution is -2.30. The Morgan fingerprint density at radius 1 is 0.231 bits per heavy atom. The van der Waals surface area contributed by atoms with Gasteiger partial charge in [-0.1, -0.05) is 415 Å². The predicted octanol–water partition coefficient (Wildman–Crippen LogP) is 27.1. The quantitative estimate of drug-likeness (QED) is 0.0222. The first-order valence-corrected chi connectivity index (χ1v) is 48.7. The molecule has 0 aromatic heterocycles. The van der Waals surface area contributed by atoms with E-state index in [1.165, 1.54) is 263 Å². The Morgan fingerprint density at radius 2 is 0.389 bits per heavy atom. The number of aliphatic hydroxyl groups is 1. The number of hydrogen-bond donors (Lipinski definition) is 3. The highest BCUT2D eigenvalue weighted by molar-refractivity contribution is 7.47. The molecule has 108 heavy (non-hydrogen) atoms. The topological polar surface area (TPSA) is 237 Å². The van der Waals surface area contributed by atoms with Crippen LogP contribution in [0.15, 0.2) is 0 Å². The van der Waals surface area contributed by atoms with Crippen LogP contribution in [-0.2, 0) is 65.4 Å². The molecule has 0 aliphatic carbocycles. The van der Waals surface area contributed by atoms with Crippen molar-refractivity contribution in [3.63, 3.8) is 0 Å². The van der Waals surface area contributed by atoms with Gasteiger partial charge >= 0.3 is 39.5 Å². The van der Waals surface area contributed by atoms with Crippen LogP contribution < -0.4 is 0 Å². The van der Waals surface area contributed by atoms with Crippen LogP contribution in [0.4, 0.5) is 0 Å². The van der Waals surface area contributed by atoms with E-state index in [2.05, 4.69) is 55.4 Å². The SMILES string of the molecule is CC(C)CCCCCCCCCCCCCCCCCCCCC(=O)OC[C@H](COP(=O)(O)OCC(O)COP(=O)(O)OC[C@@H](COC(=O)CCCCCCCCCC(C)C)OC(=O)CCCCCCCCCCCCCCCCCCC(C)C)OC(=O)CCCCCCCCCCCCCCCCCC(C)C. The van der Waals surface area contributed by atoms with Gasteiger partial charge < -0.3 is 33.8 Å². The van der Waals surface area contributed by atoms with Gasteiger partial charge in [-0.05, 0) is 49.4 Å². The Kier molecular flexibility index (Phi) is 76.2. The number of carbonyl (C=O) groups excluding carboxylic acids is 4. The molecular formula is C89H174O17P2. The Balaban J connectivity index is 5.22. The van der Waals surface area contributed by atoms with E-state index in [0.29, 0.717) is 31.6 Å². The van der Waals surface area contributed by atoms with E-state index in [4.69, 9.17) is 37.0 Å². The van der Waals surface area contributed by atoms with Crippen LogP contribution in [0.1, 0.15) is 466 Å². The van der Waals surface area contributed by atoms with Gasteiger partial charge in [0.05, 0.1) is 26.4 Å². The summed E-state index contributed by atoms with van der Waals surface area (Å²) in [4.78, 5) is 73.3. The maximum Gasteiger partial charge on any atom is 0.472 e. The molecule has 0 spiro atoms. The number of unbranched alkanes of at least 4 members (excludes halogenated alkanes) is 52. The van der Waals surface area contributed by atoms with Gasteiger partial charge in [-0.2, -0.15) is 0 Å². The average Bonchev–Trinajstić information content (AvgIpc) is 0.900. The third-order valence-corrected chi connectivity index (χ3v) is 22.7. The molecule has 0 saturated carbocycles. The van der Waals surface area contributed by atoms with Crippen molar-refractivity contribution < 1.29 is 80.2 Å². The van der Waals surface area contributed by atoms with Gasteiger partial charge in [0.2, 0.25) is 0 Å². The number of hydrogen-bond acceptors (Lipinski definition) is 15. The molecule has 3 unspecified atom stereocenters. The van der Waals surface area contributed by atoms with Crippen molar-refractivity contribution in [1.29, 1.82) is 0 Å². The first-order valence-electron chi connectivity index (χ1n) is 45.7. The Hall–Kier alpha value is -1.94. The normalized spacial score (nSPS) is 13.9. The minimum Gasteiger partial charge on any atom is -0.462 e. The number of phosphoric ester groups is 2. The monoisotopic (exact) mass is 1580 g/mol. The molecular weight excluding hydrogens is 1400 g/mol. The van der Waals surface area contributed by atoms with Crippen molar-refractivity contribution in [3.8, 4) is 0 Å². The van der Waals surface area contributed by atoms with Crippen LogP contribution in [0.2, 0.25) is 0 Å². The smallest absolute Gasteiger partial charge is 0.462 e. The van der Waals surface area contributed by atoms with Crippen LogP contribution in [0.3, 0.4) is 0 Å². The molecule has 642 valence electrons. The van der Waals surface area contributed by atoms with Gasteiger partial charge in [-0.15, -0.1) is 0 Å². The number of carbonyl (C=O) groups is 4. The summed E-state index contributed by atoms with van der Waals surface area (Å²) in [5.41, 5.74) is 0. The number of esters is 4. The third-order valence-electron chi connectivity index (χ3n) is 20.8. The summed E-state index contributed by atoms with van der Waals surface area (Å²) in [5.74, 6) is 1.04. The fraction of sp³-hybridized carbons (Fsp3) is 0.955. The van der Waals surface area contributed by atoms with Gasteiger partial charge in [0, 0.05) is 25.7 Å². The molecule has 19 heteroatoms. The first-order chi connectivity index (χ1) is 52.1. The molecule has 0 bridgehead atoms. The molecule has 0 aliphatic rings. The summed E-state index contributed by atoms with van der Waals surface area (Å²) in [6.07, 6.45) is 68.2. The molecule has 0 fully saturated rings. The summed E-state index contributed by atoms with van der Waals surface area (Å²) in [7, 11) is -9.93. The van der Waals surface area contributed by atoms with Crippen LogP contribution >= 0.6 is 15.6 Å². The van der Waals surface area contributed by atoms with Crippen LogP contribution in [0.5, 0.6) is 0 Å². The summed E-state index contributed by atoms with van der Waals surface area (Å²) >= 11 is 0. The van der Waals surface area contributed by atoms with Gasteiger partial charge in [0.15, 0.2) is 12.2 Å². The Morgan fingerprint density at radius 3 is 0.574 bits per heavy atom. The third kappa shape index (κ3) is 82.1. The van der Waals surface area contributed by atoms with Crippen molar-refractivity contribution in [2.75, 3.05) is 39.6 Å². The fourth-order valence-electron chi connectivity index (χ4n) is 13.8. The summed E-state index contributed by atoms with van der Waals surface area (Å²) in [5, 5.41) is 10.7. The fourth-order valence-corrected chi connectivity index (χ4v) is 15.4. The molecule has 0 heterocycles. The standard InChI is InChI=1S/C89H174O17P2/c1-79(2)65-57-49-41-34-28-22-16-11-9-10-12-19-25-31-37-45-53-61-69-86(91)99-75-84(105-88(93)71-64-56-47-39-33-27-21-15-18-24-30-36-43-51-59-67-81(5)6)77-103-107(95,96)101-73-83(90)74-102-108(97,98)104-78-85(76-100-87(92)70-62-54-48-40-44-52-60-68-82(7)8)106-89(94)72-63-55-46-38-32-26-20-14-13-17-23-29-35-42-50-58-66-80(3)4/h79-85,90H,9-78H2,1-8H3,(H,95,96)(H,97,98)/t83?,84-,85-/m1/s1. The summed E-state index contributed by atoms with van der Waals surface area (Å²) < 4.78 is 69.0. The average molecular weight is 1580 g/mol. The molecule has 0 saturated heterocycles. The maximum atomic E-state index is 13.2. The minimum absolute atomic E-state index is 0.107. The molecule has 0 aromatic rings. The molecule has 3 N–H and O–H groups in total. The van der Waals surface area contributed by atoms with Crippen molar-refractivity contribution in [2.24, 2.45) is 23.7 Å². The van der Waals surface area contributed by atoms with E-state index in [1.54, 1.807) is 0 Å². The molecule has 0 radical (unpaired) electrons. The lowest BCUT2D eigenvalue weighted by Gasteiger charge is -2.21. The van der Waals surface area contributed by atoms with E-state index in [-0.39, 0.29) is 25.7 Å². The van der Waals surface area contributed by atoms with E-state index >= 15 is 0 Å².